The van der Waals surface area contributed by atoms with Crippen molar-refractivity contribution in [1.29, 1.82) is 0 Å². The predicted molar refractivity (Wildman–Crippen MR) is 61.9 cm³/mol. The molecule has 0 aromatic carbocycles. The molecule has 3 rings (SSSR count). The highest BCUT2D eigenvalue weighted by atomic mass is 16.5. The molecule has 0 bridgehead atoms. The van der Waals surface area contributed by atoms with E-state index < -0.39 is 0 Å². The van der Waals surface area contributed by atoms with Crippen LogP contribution in [0.5, 0.6) is 0 Å². The van der Waals surface area contributed by atoms with E-state index in [1.807, 2.05) is 18.2 Å². The summed E-state index contributed by atoms with van der Waals surface area (Å²) in [6.45, 7) is 0. The highest BCUT2D eigenvalue weighted by molar-refractivity contribution is 5.47. The Morgan fingerprint density at radius 3 is 3.00 bits per heavy atom. The fraction of sp³-hybridized carbons (Fsp3) is 0.417. The molecular formula is C12H14N4O. The van der Waals surface area contributed by atoms with Crippen LogP contribution < -0.4 is 5.73 Å². The van der Waals surface area contributed by atoms with Crippen LogP contribution in [0.4, 0.5) is 0 Å². The Labute approximate surface area is 99.1 Å². The summed E-state index contributed by atoms with van der Waals surface area (Å²) in [5.41, 5.74) is 6.74. The van der Waals surface area contributed by atoms with Gasteiger partial charge in [0.05, 0.1) is 0 Å². The Balaban J connectivity index is 1.74. The van der Waals surface area contributed by atoms with Crippen LogP contribution in [0.3, 0.4) is 0 Å². The maximum atomic E-state index is 6.02. The molecule has 5 heteroatoms. The maximum absolute atomic E-state index is 6.02. The number of nitrogens with two attached hydrogens (primary N) is 1. The van der Waals surface area contributed by atoms with Crippen molar-refractivity contribution in [3.63, 3.8) is 0 Å². The first-order chi connectivity index (χ1) is 8.33. The summed E-state index contributed by atoms with van der Waals surface area (Å²) in [4.78, 5) is 8.48. The van der Waals surface area contributed by atoms with Crippen molar-refractivity contribution in [2.24, 2.45) is 11.7 Å². The molecule has 0 spiro atoms. The van der Waals surface area contributed by atoms with Gasteiger partial charge < -0.3 is 10.3 Å². The lowest BCUT2D eigenvalue weighted by atomic mass is 10.1. The van der Waals surface area contributed by atoms with Crippen LogP contribution in [0.1, 0.15) is 18.7 Å². The van der Waals surface area contributed by atoms with Crippen molar-refractivity contribution < 1.29 is 4.52 Å². The summed E-state index contributed by atoms with van der Waals surface area (Å²) >= 11 is 0. The monoisotopic (exact) mass is 230 g/mol. The second-order valence-corrected chi connectivity index (χ2v) is 4.43. The van der Waals surface area contributed by atoms with E-state index in [0.29, 0.717) is 24.1 Å². The molecular weight excluding hydrogens is 216 g/mol. The molecule has 0 radical (unpaired) electrons. The normalized spacial score (nSPS) is 17.0. The van der Waals surface area contributed by atoms with Gasteiger partial charge in [0.25, 0.3) is 0 Å². The number of nitrogens with zero attached hydrogens (tertiary/aromatic N) is 3. The summed E-state index contributed by atoms with van der Waals surface area (Å²) in [5, 5.41) is 3.92. The first-order valence-corrected chi connectivity index (χ1v) is 5.82. The zero-order valence-corrected chi connectivity index (χ0v) is 9.41. The summed E-state index contributed by atoms with van der Waals surface area (Å²) in [6.07, 6.45) is 4.82. The summed E-state index contributed by atoms with van der Waals surface area (Å²) in [6, 6.07) is 5.75. The molecule has 17 heavy (non-hydrogen) atoms. The van der Waals surface area contributed by atoms with Crippen molar-refractivity contribution in [3.05, 3.63) is 30.3 Å². The SMILES string of the molecule is NC(Cc1nc(-c2ccccn2)no1)C1CC1. The number of hydrogen-bond donors (Lipinski definition) is 1. The van der Waals surface area contributed by atoms with Gasteiger partial charge in [-0.25, -0.2) is 0 Å². The molecule has 1 aliphatic carbocycles. The lowest BCUT2D eigenvalue weighted by Gasteiger charge is -2.04. The van der Waals surface area contributed by atoms with Crippen molar-refractivity contribution in [2.75, 3.05) is 0 Å². The Kier molecular flexibility index (Phi) is 2.60. The topological polar surface area (TPSA) is 77.8 Å². The van der Waals surface area contributed by atoms with Gasteiger partial charge >= 0.3 is 0 Å². The van der Waals surface area contributed by atoms with E-state index in [4.69, 9.17) is 10.3 Å². The van der Waals surface area contributed by atoms with E-state index in [1.165, 1.54) is 12.8 Å². The van der Waals surface area contributed by atoms with E-state index in [2.05, 4.69) is 15.1 Å². The first-order valence-electron chi connectivity index (χ1n) is 5.82. The van der Waals surface area contributed by atoms with Gasteiger partial charge in [-0.15, -0.1) is 0 Å². The minimum Gasteiger partial charge on any atom is -0.339 e. The zero-order valence-electron chi connectivity index (χ0n) is 9.41. The lowest BCUT2D eigenvalue weighted by Crippen LogP contribution is -2.25. The van der Waals surface area contributed by atoms with Crippen molar-refractivity contribution >= 4 is 0 Å². The quantitative estimate of drug-likeness (QED) is 0.859. The summed E-state index contributed by atoms with van der Waals surface area (Å²) in [5.74, 6) is 1.77. The van der Waals surface area contributed by atoms with Crippen LogP contribution >= 0.6 is 0 Å². The fourth-order valence-corrected chi connectivity index (χ4v) is 1.83. The van der Waals surface area contributed by atoms with Gasteiger partial charge in [-0.3, -0.25) is 4.98 Å². The van der Waals surface area contributed by atoms with Gasteiger partial charge in [-0.05, 0) is 30.9 Å². The molecule has 0 aliphatic heterocycles. The first kappa shape index (κ1) is 10.4. The number of rotatable bonds is 4. The number of pyridine rings is 1. The second-order valence-electron chi connectivity index (χ2n) is 4.43. The minimum atomic E-state index is 0.145. The molecule has 1 atom stereocenters. The van der Waals surface area contributed by atoms with Gasteiger partial charge in [-0.1, -0.05) is 11.2 Å². The predicted octanol–water partition coefficient (Wildman–Crippen LogP) is 1.41. The van der Waals surface area contributed by atoms with Gasteiger partial charge in [0.1, 0.15) is 5.69 Å². The molecule has 2 aromatic rings. The minimum absolute atomic E-state index is 0.145. The molecule has 0 saturated heterocycles. The molecule has 2 N–H and O–H groups in total. The third kappa shape index (κ3) is 2.34. The highest BCUT2D eigenvalue weighted by Crippen LogP contribution is 2.32. The average Bonchev–Trinajstić information content (AvgIpc) is 3.12. The second kappa shape index (κ2) is 4.25. The van der Waals surface area contributed by atoms with Crippen molar-refractivity contribution in [3.8, 4) is 11.5 Å². The summed E-state index contributed by atoms with van der Waals surface area (Å²) in [7, 11) is 0. The van der Waals surface area contributed by atoms with Crippen LogP contribution in [-0.2, 0) is 6.42 Å². The Morgan fingerprint density at radius 1 is 1.41 bits per heavy atom. The molecule has 1 unspecified atom stereocenters. The fourth-order valence-electron chi connectivity index (χ4n) is 1.83. The van der Waals surface area contributed by atoms with E-state index in [9.17, 15) is 0 Å². The van der Waals surface area contributed by atoms with Crippen LogP contribution in [0.2, 0.25) is 0 Å². The van der Waals surface area contributed by atoms with Crippen LogP contribution in [0.15, 0.2) is 28.9 Å². The maximum Gasteiger partial charge on any atom is 0.228 e. The van der Waals surface area contributed by atoms with Gasteiger partial charge in [0, 0.05) is 18.7 Å². The molecule has 1 saturated carbocycles. The van der Waals surface area contributed by atoms with E-state index in [-0.39, 0.29) is 6.04 Å². The standard InChI is InChI=1S/C12H14N4O/c13-9(8-4-5-8)7-11-15-12(16-17-11)10-3-1-2-6-14-10/h1-3,6,8-9H,4-5,7,13H2. The molecule has 2 aromatic heterocycles. The number of aromatic nitrogens is 3. The Hall–Kier alpha value is -1.75. The molecule has 1 aliphatic rings. The molecule has 88 valence electrons. The summed E-state index contributed by atoms with van der Waals surface area (Å²) < 4.78 is 5.19. The smallest absolute Gasteiger partial charge is 0.228 e. The van der Waals surface area contributed by atoms with E-state index in [0.717, 1.165) is 5.69 Å². The number of hydrogen-bond acceptors (Lipinski definition) is 5. The van der Waals surface area contributed by atoms with Crippen LogP contribution in [0.25, 0.3) is 11.5 Å². The lowest BCUT2D eigenvalue weighted by molar-refractivity contribution is 0.363. The third-order valence-corrected chi connectivity index (χ3v) is 3.00. The Morgan fingerprint density at radius 2 is 2.29 bits per heavy atom. The van der Waals surface area contributed by atoms with E-state index in [1.54, 1.807) is 6.20 Å². The molecule has 5 nitrogen and oxygen atoms in total. The van der Waals surface area contributed by atoms with Crippen LogP contribution in [0, 0.1) is 5.92 Å². The Bertz CT molecular complexity index is 492. The third-order valence-electron chi connectivity index (χ3n) is 3.00. The van der Waals surface area contributed by atoms with Crippen molar-refractivity contribution in [2.45, 2.75) is 25.3 Å². The van der Waals surface area contributed by atoms with Crippen LogP contribution in [-0.4, -0.2) is 21.2 Å². The molecule has 0 amide bonds. The van der Waals surface area contributed by atoms with E-state index >= 15 is 0 Å². The highest BCUT2D eigenvalue weighted by Gasteiger charge is 2.29. The van der Waals surface area contributed by atoms with Gasteiger partial charge in [-0.2, -0.15) is 4.98 Å². The zero-order chi connectivity index (χ0) is 11.7. The van der Waals surface area contributed by atoms with Gasteiger partial charge in [0.2, 0.25) is 11.7 Å². The molecule has 1 fully saturated rings. The molecule has 2 heterocycles. The largest absolute Gasteiger partial charge is 0.339 e. The van der Waals surface area contributed by atoms with Crippen molar-refractivity contribution in [1.82, 2.24) is 15.1 Å². The van der Waals surface area contributed by atoms with Gasteiger partial charge in [0.15, 0.2) is 0 Å². The average molecular weight is 230 g/mol.